The number of unbranched alkanes of at least 4 members (excludes halogenated alkanes) is 1. The second-order valence-electron chi connectivity index (χ2n) is 3.05. The number of aliphatic hydroxyl groups excluding tert-OH is 1. The van der Waals surface area contributed by atoms with Gasteiger partial charge >= 0.3 is 0 Å². The fourth-order valence-corrected chi connectivity index (χ4v) is 1.17. The first-order valence-corrected chi connectivity index (χ1v) is 4.71. The zero-order chi connectivity index (χ0) is 10.2. The van der Waals surface area contributed by atoms with Gasteiger partial charge < -0.3 is 10.4 Å². The summed E-state index contributed by atoms with van der Waals surface area (Å²) in [5, 5.41) is 20.4. The van der Waals surface area contributed by atoms with Crippen LogP contribution in [0.5, 0.6) is 0 Å². The minimum absolute atomic E-state index is 0.236. The van der Waals surface area contributed by atoms with Crippen LogP contribution in [-0.4, -0.2) is 18.3 Å². The van der Waals surface area contributed by atoms with Crippen LogP contribution < -0.4 is 5.32 Å². The molecule has 0 aromatic heterocycles. The molecule has 0 amide bonds. The molecular weight excluding hydrogens is 176 g/mol. The lowest BCUT2D eigenvalue weighted by Crippen LogP contribution is -2.02. The zero-order valence-electron chi connectivity index (χ0n) is 8.03. The highest BCUT2D eigenvalue weighted by Crippen LogP contribution is 2.09. The van der Waals surface area contributed by atoms with Crippen molar-refractivity contribution >= 4 is 5.69 Å². The lowest BCUT2D eigenvalue weighted by Gasteiger charge is -2.05. The maximum Gasteiger partial charge on any atom is 0.0992 e. The molecule has 3 heteroatoms. The first kappa shape index (κ1) is 10.6. The van der Waals surface area contributed by atoms with Gasteiger partial charge in [0.25, 0.3) is 0 Å². The van der Waals surface area contributed by atoms with Gasteiger partial charge in [-0.3, -0.25) is 0 Å². The van der Waals surface area contributed by atoms with Gasteiger partial charge in [0.05, 0.1) is 11.6 Å². The molecule has 1 aromatic carbocycles. The SMILES string of the molecule is N#Cc1cccc(NCCCCO)c1. The molecule has 0 bridgehead atoms. The van der Waals surface area contributed by atoms with Crippen LogP contribution in [0.3, 0.4) is 0 Å². The van der Waals surface area contributed by atoms with Crippen molar-refractivity contribution in [1.29, 1.82) is 5.26 Å². The first-order chi connectivity index (χ1) is 6.86. The molecule has 1 aromatic rings. The molecule has 0 aliphatic rings. The summed E-state index contributed by atoms with van der Waals surface area (Å²) in [4.78, 5) is 0. The van der Waals surface area contributed by atoms with Crippen LogP contribution in [0.4, 0.5) is 5.69 Å². The smallest absolute Gasteiger partial charge is 0.0992 e. The third kappa shape index (κ3) is 3.46. The largest absolute Gasteiger partial charge is 0.396 e. The fourth-order valence-electron chi connectivity index (χ4n) is 1.17. The van der Waals surface area contributed by atoms with E-state index in [-0.39, 0.29) is 6.61 Å². The maximum atomic E-state index is 8.66. The molecule has 0 saturated heterocycles. The lowest BCUT2D eigenvalue weighted by molar-refractivity contribution is 0.286. The van der Waals surface area contributed by atoms with E-state index >= 15 is 0 Å². The lowest BCUT2D eigenvalue weighted by atomic mass is 10.2. The summed E-state index contributed by atoms with van der Waals surface area (Å²) in [5.41, 5.74) is 1.62. The Bertz CT molecular complexity index is 317. The third-order valence-electron chi connectivity index (χ3n) is 1.91. The van der Waals surface area contributed by atoms with E-state index in [0.717, 1.165) is 25.1 Å². The molecule has 0 saturated carbocycles. The van der Waals surface area contributed by atoms with Gasteiger partial charge in [-0.05, 0) is 31.0 Å². The Hall–Kier alpha value is -1.53. The number of nitriles is 1. The summed E-state index contributed by atoms with van der Waals surface area (Å²) in [6.45, 7) is 1.06. The predicted octanol–water partition coefficient (Wildman–Crippen LogP) is 1.74. The highest BCUT2D eigenvalue weighted by Gasteiger charge is 1.93. The summed E-state index contributed by atoms with van der Waals surface area (Å²) >= 11 is 0. The number of hydrogen-bond donors (Lipinski definition) is 2. The number of nitrogens with one attached hydrogen (secondary N) is 1. The Morgan fingerprint density at radius 2 is 2.21 bits per heavy atom. The van der Waals surface area contributed by atoms with Gasteiger partial charge in [-0.15, -0.1) is 0 Å². The van der Waals surface area contributed by atoms with Crippen LogP contribution in [0.25, 0.3) is 0 Å². The average molecular weight is 190 g/mol. The van der Waals surface area contributed by atoms with Crippen molar-refractivity contribution in [3.8, 4) is 6.07 Å². The summed E-state index contributed by atoms with van der Waals surface area (Å²) in [6.07, 6.45) is 1.75. The van der Waals surface area contributed by atoms with Crippen molar-refractivity contribution in [3.05, 3.63) is 29.8 Å². The number of aliphatic hydroxyl groups is 1. The fraction of sp³-hybridized carbons (Fsp3) is 0.364. The molecule has 0 atom stereocenters. The van der Waals surface area contributed by atoms with Crippen molar-refractivity contribution in [2.75, 3.05) is 18.5 Å². The van der Waals surface area contributed by atoms with E-state index in [9.17, 15) is 0 Å². The Kier molecular flexibility index (Phi) is 4.53. The molecule has 0 unspecified atom stereocenters. The van der Waals surface area contributed by atoms with Crippen LogP contribution in [0.15, 0.2) is 24.3 Å². The van der Waals surface area contributed by atoms with Crippen LogP contribution in [-0.2, 0) is 0 Å². The molecule has 0 radical (unpaired) electrons. The molecule has 0 spiro atoms. The monoisotopic (exact) mass is 190 g/mol. The van der Waals surface area contributed by atoms with Gasteiger partial charge in [0.2, 0.25) is 0 Å². The number of hydrogen-bond acceptors (Lipinski definition) is 3. The van der Waals surface area contributed by atoms with E-state index in [1.165, 1.54) is 0 Å². The zero-order valence-corrected chi connectivity index (χ0v) is 8.03. The Morgan fingerprint density at radius 3 is 2.93 bits per heavy atom. The van der Waals surface area contributed by atoms with Crippen molar-refractivity contribution < 1.29 is 5.11 Å². The minimum Gasteiger partial charge on any atom is -0.396 e. The van der Waals surface area contributed by atoms with Gasteiger partial charge in [0, 0.05) is 18.8 Å². The normalized spacial score (nSPS) is 9.43. The molecule has 1 rings (SSSR count). The minimum atomic E-state index is 0.236. The van der Waals surface area contributed by atoms with E-state index in [2.05, 4.69) is 11.4 Å². The molecule has 14 heavy (non-hydrogen) atoms. The highest BCUT2D eigenvalue weighted by molar-refractivity contribution is 5.48. The number of anilines is 1. The number of rotatable bonds is 5. The molecule has 3 nitrogen and oxygen atoms in total. The van der Waals surface area contributed by atoms with E-state index < -0.39 is 0 Å². The summed E-state index contributed by atoms with van der Waals surface area (Å²) in [7, 11) is 0. The van der Waals surface area contributed by atoms with Crippen LogP contribution in [0.2, 0.25) is 0 Å². The van der Waals surface area contributed by atoms with Gasteiger partial charge in [0.15, 0.2) is 0 Å². The second kappa shape index (κ2) is 6.01. The second-order valence-corrected chi connectivity index (χ2v) is 3.05. The van der Waals surface area contributed by atoms with Crippen LogP contribution in [0, 0.1) is 11.3 Å². The summed E-state index contributed by atoms with van der Waals surface area (Å²) in [6, 6.07) is 9.47. The molecule has 0 aliphatic heterocycles. The van der Waals surface area contributed by atoms with Crippen LogP contribution >= 0.6 is 0 Å². The molecule has 2 N–H and O–H groups in total. The summed E-state index contributed by atoms with van der Waals surface area (Å²) in [5.74, 6) is 0. The van der Waals surface area contributed by atoms with Crippen molar-refractivity contribution in [1.82, 2.24) is 0 Å². The Morgan fingerprint density at radius 1 is 1.36 bits per heavy atom. The molecule has 0 heterocycles. The van der Waals surface area contributed by atoms with E-state index in [0.29, 0.717) is 5.56 Å². The van der Waals surface area contributed by atoms with Crippen molar-refractivity contribution in [2.45, 2.75) is 12.8 Å². The number of nitrogens with zero attached hydrogens (tertiary/aromatic N) is 1. The molecule has 0 aliphatic carbocycles. The van der Waals surface area contributed by atoms with Gasteiger partial charge in [-0.1, -0.05) is 6.07 Å². The molecule has 0 fully saturated rings. The number of benzene rings is 1. The third-order valence-corrected chi connectivity index (χ3v) is 1.91. The van der Waals surface area contributed by atoms with Crippen molar-refractivity contribution in [3.63, 3.8) is 0 Å². The maximum absolute atomic E-state index is 8.66. The van der Waals surface area contributed by atoms with E-state index in [4.69, 9.17) is 10.4 Å². The standard InChI is InChI=1S/C11H14N2O/c12-9-10-4-3-5-11(8-10)13-6-1-2-7-14/h3-5,8,13-14H,1-2,6-7H2. The topological polar surface area (TPSA) is 56.0 Å². The molecule has 74 valence electrons. The Balaban J connectivity index is 2.39. The summed E-state index contributed by atoms with van der Waals surface area (Å²) < 4.78 is 0. The van der Waals surface area contributed by atoms with Gasteiger partial charge in [0.1, 0.15) is 0 Å². The quantitative estimate of drug-likeness (QED) is 0.695. The Labute approximate surface area is 84.0 Å². The molecular formula is C11H14N2O. The van der Waals surface area contributed by atoms with E-state index in [1.54, 1.807) is 6.07 Å². The van der Waals surface area contributed by atoms with Crippen molar-refractivity contribution in [2.24, 2.45) is 0 Å². The highest BCUT2D eigenvalue weighted by atomic mass is 16.2. The van der Waals surface area contributed by atoms with E-state index in [1.807, 2.05) is 18.2 Å². The predicted molar refractivity (Wildman–Crippen MR) is 56.0 cm³/mol. The first-order valence-electron chi connectivity index (χ1n) is 4.71. The van der Waals surface area contributed by atoms with Crippen LogP contribution in [0.1, 0.15) is 18.4 Å². The van der Waals surface area contributed by atoms with Gasteiger partial charge in [-0.25, -0.2) is 0 Å². The van der Waals surface area contributed by atoms with Gasteiger partial charge in [-0.2, -0.15) is 5.26 Å². The average Bonchev–Trinajstić information content (AvgIpc) is 2.25.